The summed E-state index contributed by atoms with van der Waals surface area (Å²) in [6.07, 6.45) is 0.706. The van der Waals surface area contributed by atoms with Crippen molar-refractivity contribution in [1.29, 1.82) is 0 Å². The van der Waals surface area contributed by atoms with E-state index in [2.05, 4.69) is 0 Å². The summed E-state index contributed by atoms with van der Waals surface area (Å²) in [4.78, 5) is 28.1. The van der Waals surface area contributed by atoms with Gasteiger partial charge in [0.15, 0.2) is 5.78 Å². The third kappa shape index (κ3) is 3.04. The summed E-state index contributed by atoms with van der Waals surface area (Å²) >= 11 is 0. The lowest BCUT2D eigenvalue weighted by molar-refractivity contribution is -0.127. The maximum absolute atomic E-state index is 13.3. The number of piperidine rings is 1. The van der Waals surface area contributed by atoms with Gasteiger partial charge in [-0.15, -0.1) is 0 Å². The second-order valence-electron chi connectivity index (χ2n) is 7.40. The van der Waals surface area contributed by atoms with E-state index in [9.17, 15) is 14.7 Å². The summed E-state index contributed by atoms with van der Waals surface area (Å²) in [7, 11) is 0. The van der Waals surface area contributed by atoms with Gasteiger partial charge in [0, 0.05) is 11.7 Å². The normalized spacial score (nSPS) is 22.7. The average molecular weight is 337 g/mol. The molecular formula is C21H23NO3. The topological polar surface area (TPSA) is 57.6 Å². The minimum absolute atomic E-state index is 0.00156. The molecule has 1 heterocycles. The van der Waals surface area contributed by atoms with Crippen LogP contribution in [0.5, 0.6) is 5.75 Å². The molecule has 0 aliphatic carbocycles. The fraction of sp³-hybridized carbons (Fsp3) is 0.333. The van der Waals surface area contributed by atoms with E-state index in [1.54, 1.807) is 23.1 Å². The van der Waals surface area contributed by atoms with E-state index >= 15 is 0 Å². The van der Waals surface area contributed by atoms with Gasteiger partial charge < -0.3 is 10.0 Å². The molecule has 1 aliphatic rings. The first kappa shape index (κ1) is 17.2. The molecule has 0 radical (unpaired) electrons. The Labute approximate surface area is 148 Å². The average Bonchev–Trinajstić information content (AvgIpc) is 2.54. The van der Waals surface area contributed by atoms with Crippen LogP contribution in [0.4, 0.5) is 5.69 Å². The highest BCUT2D eigenvalue weighted by molar-refractivity contribution is 6.16. The molecule has 1 fully saturated rings. The minimum Gasteiger partial charge on any atom is -0.507 e. The predicted octanol–water partition coefficient (Wildman–Crippen LogP) is 4.04. The number of phenolic OH excluding ortho intramolecular Hbond substituents is 1. The fourth-order valence-electron chi connectivity index (χ4n) is 3.94. The maximum Gasteiger partial charge on any atom is 0.238 e. The molecule has 0 saturated carbocycles. The number of rotatable bonds is 3. The highest BCUT2D eigenvalue weighted by Crippen LogP contribution is 2.43. The lowest BCUT2D eigenvalue weighted by Gasteiger charge is -2.46. The molecule has 0 spiro atoms. The number of hydrogen-bond acceptors (Lipinski definition) is 3. The van der Waals surface area contributed by atoms with E-state index in [0.29, 0.717) is 6.42 Å². The summed E-state index contributed by atoms with van der Waals surface area (Å²) in [5, 5.41) is 10.1. The number of carbonyl (C=O) groups excluding carboxylic acids is 2. The molecule has 4 nitrogen and oxygen atoms in total. The van der Waals surface area contributed by atoms with E-state index in [-0.39, 0.29) is 29.0 Å². The van der Waals surface area contributed by atoms with E-state index in [1.807, 2.05) is 51.1 Å². The molecule has 0 bridgehead atoms. The number of ketones is 1. The first-order valence-electron chi connectivity index (χ1n) is 8.53. The standard InChI is InChI=1S/C21H23NO3/c1-14-13-21(2,3)18(19(24)16-11-7-8-12-17(16)23)20(25)22(14)15-9-5-4-6-10-15/h4-12,14,18,23H,13H2,1-3H3. The number of aromatic hydroxyl groups is 1. The van der Waals surface area contributed by atoms with Crippen molar-refractivity contribution in [3.8, 4) is 5.75 Å². The van der Waals surface area contributed by atoms with Crippen molar-refractivity contribution in [3.05, 3.63) is 60.2 Å². The van der Waals surface area contributed by atoms with E-state index < -0.39 is 11.3 Å². The molecule has 1 aliphatic heterocycles. The van der Waals surface area contributed by atoms with Crippen LogP contribution < -0.4 is 4.90 Å². The number of nitrogens with zero attached hydrogens (tertiary/aromatic N) is 1. The van der Waals surface area contributed by atoms with Crippen LogP contribution in [0.1, 0.15) is 37.6 Å². The quantitative estimate of drug-likeness (QED) is 0.679. The van der Waals surface area contributed by atoms with Crippen LogP contribution in [0.25, 0.3) is 0 Å². The molecule has 3 rings (SSSR count). The zero-order chi connectivity index (χ0) is 18.2. The van der Waals surface area contributed by atoms with Gasteiger partial charge in [0.2, 0.25) is 5.91 Å². The SMILES string of the molecule is CC1CC(C)(C)C(C(=O)c2ccccc2O)C(=O)N1c1ccccc1. The van der Waals surface area contributed by atoms with Crippen molar-refractivity contribution in [3.63, 3.8) is 0 Å². The third-order valence-corrected chi connectivity index (χ3v) is 4.99. The summed E-state index contributed by atoms with van der Waals surface area (Å²) < 4.78 is 0. The number of amides is 1. The molecule has 1 saturated heterocycles. The van der Waals surface area contributed by atoms with Crippen LogP contribution in [0.3, 0.4) is 0 Å². The molecule has 1 N–H and O–H groups in total. The Morgan fingerprint density at radius 2 is 1.68 bits per heavy atom. The van der Waals surface area contributed by atoms with Gasteiger partial charge >= 0.3 is 0 Å². The van der Waals surface area contributed by atoms with Crippen molar-refractivity contribution in [2.75, 3.05) is 4.90 Å². The van der Waals surface area contributed by atoms with Gasteiger partial charge in [-0.05, 0) is 43.0 Å². The van der Waals surface area contributed by atoms with Crippen LogP contribution in [0.2, 0.25) is 0 Å². The van der Waals surface area contributed by atoms with Crippen LogP contribution in [-0.4, -0.2) is 22.8 Å². The van der Waals surface area contributed by atoms with Gasteiger partial charge in [-0.2, -0.15) is 0 Å². The molecule has 2 atom stereocenters. The molecule has 130 valence electrons. The van der Waals surface area contributed by atoms with Gasteiger partial charge in [-0.1, -0.05) is 44.2 Å². The molecule has 4 heteroatoms. The van der Waals surface area contributed by atoms with E-state index in [0.717, 1.165) is 5.69 Å². The van der Waals surface area contributed by atoms with Crippen molar-refractivity contribution < 1.29 is 14.7 Å². The Morgan fingerprint density at radius 1 is 1.08 bits per heavy atom. The Bertz CT molecular complexity index is 798. The number of carbonyl (C=O) groups is 2. The van der Waals surface area contributed by atoms with Crippen LogP contribution >= 0.6 is 0 Å². The highest BCUT2D eigenvalue weighted by Gasteiger charge is 2.49. The molecule has 1 amide bonds. The minimum atomic E-state index is -0.822. The van der Waals surface area contributed by atoms with E-state index in [4.69, 9.17) is 0 Å². The fourth-order valence-corrected chi connectivity index (χ4v) is 3.94. The molecule has 25 heavy (non-hydrogen) atoms. The largest absolute Gasteiger partial charge is 0.507 e. The van der Waals surface area contributed by atoms with E-state index in [1.165, 1.54) is 6.07 Å². The number of benzene rings is 2. The van der Waals surface area contributed by atoms with Gasteiger partial charge in [0.25, 0.3) is 0 Å². The van der Waals surface area contributed by atoms with Gasteiger partial charge in [0.05, 0.1) is 5.56 Å². The summed E-state index contributed by atoms with van der Waals surface area (Å²) in [5.41, 5.74) is 0.517. The van der Waals surface area contributed by atoms with Crippen molar-refractivity contribution in [2.45, 2.75) is 33.2 Å². The summed E-state index contributed by atoms with van der Waals surface area (Å²) in [6, 6.07) is 15.8. The lowest BCUT2D eigenvalue weighted by atomic mass is 9.67. The van der Waals surface area contributed by atoms with Gasteiger partial charge in [-0.25, -0.2) is 0 Å². The smallest absolute Gasteiger partial charge is 0.238 e. The van der Waals surface area contributed by atoms with Gasteiger partial charge in [-0.3, -0.25) is 9.59 Å². The Hall–Kier alpha value is -2.62. The summed E-state index contributed by atoms with van der Waals surface area (Å²) in [5.74, 6) is -1.43. The van der Waals surface area contributed by atoms with Crippen LogP contribution in [0, 0.1) is 11.3 Å². The molecule has 2 aromatic carbocycles. The molecule has 0 aromatic heterocycles. The number of phenols is 1. The maximum atomic E-state index is 13.3. The number of Topliss-reactive ketones (excluding diaryl/α,β-unsaturated/α-hetero) is 1. The molecule has 2 unspecified atom stereocenters. The van der Waals surface area contributed by atoms with Crippen molar-refractivity contribution >= 4 is 17.4 Å². The Kier molecular flexibility index (Phi) is 4.38. The van der Waals surface area contributed by atoms with Gasteiger partial charge in [0.1, 0.15) is 11.7 Å². The zero-order valence-corrected chi connectivity index (χ0v) is 14.8. The van der Waals surface area contributed by atoms with Crippen LogP contribution in [0.15, 0.2) is 54.6 Å². The first-order valence-corrected chi connectivity index (χ1v) is 8.53. The number of anilines is 1. The lowest BCUT2D eigenvalue weighted by Crippen LogP contribution is -2.56. The zero-order valence-electron chi connectivity index (χ0n) is 14.8. The Morgan fingerprint density at radius 3 is 2.32 bits per heavy atom. The highest BCUT2D eigenvalue weighted by atomic mass is 16.3. The summed E-state index contributed by atoms with van der Waals surface area (Å²) in [6.45, 7) is 5.91. The molecule has 2 aromatic rings. The monoisotopic (exact) mass is 337 g/mol. The van der Waals surface area contributed by atoms with Crippen molar-refractivity contribution in [1.82, 2.24) is 0 Å². The second kappa shape index (κ2) is 6.36. The molecular weight excluding hydrogens is 314 g/mol. The predicted molar refractivity (Wildman–Crippen MR) is 97.7 cm³/mol. The van der Waals surface area contributed by atoms with Crippen LogP contribution in [-0.2, 0) is 4.79 Å². The number of para-hydroxylation sites is 2. The second-order valence-corrected chi connectivity index (χ2v) is 7.40. The Balaban J connectivity index is 2.03. The third-order valence-electron chi connectivity index (χ3n) is 4.99. The van der Waals surface area contributed by atoms with Crippen molar-refractivity contribution in [2.24, 2.45) is 11.3 Å². The first-order chi connectivity index (χ1) is 11.8. The number of hydrogen-bond donors (Lipinski definition) is 1.